The van der Waals surface area contributed by atoms with Crippen molar-refractivity contribution in [3.8, 4) is 5.75 Å². The molecule has 0 aliphatic rings. The molecule has 2 nitrogen and oxygen atoms in total. The number of anilines is 1. The number of halogens is 2. The van der Waals surface area contributed by atoms with Gasteiger partial charge in [0, 0.05) is 22.3 Å². The minimum absolute atomic E-state index is 0.524. The molecule has 0 spiro atoms. The summed E-state index contributed by atoms with van der Waals surface area (Å²) in [5, 5.41) is 4.92. The molecule has 3 aromatic rings. The van der Waals surface area contributed by atoms with Gasteiger partial charge in [-0.15, -0.1) is 0 Å². The van der Waals surface area contributed by atoms with E-state index in [2.05, 4.69) is 17.4 Å². The standard InChI is InChI=1S/C21H19Cl2NO/c1-15-20(23)3-2-4-21(15)24-13-16-7-11-19(12-8-16)25-14-17-5-9-18(22)10-6-17/h2-12,24H,13-14H2,1H3. The summed E-state index contributed by atoms with van der Waals surface area (Å²) in [6.07, 6.45) is 0. The fourth-order valence-electron chi connectivity index (χ4n) is 2.45. The molecule has 0 heterocycles. The Morgan fingerprint density at radius 3 is 2.24 bits per heavy atom. The molecule has 0 fully saturated rings. The van der Waals surface area contributed by atoms with Crippen LogP contribution in [0.5, 0.6) is 5.75 Å². The molecule has 25 heavy (non-hydrogen) atoms. The lowest BCUT2D eigenvalue weighted by atomic mass is 10.1. The smallest absolute Gasteiger partial charge is 0.119 e. The second-order valence-electron chi connectivity index (χ2n) is 5.83. The molecule has 0 saturated carbocycles. The third-order valence-corrected chi connectivity index (χ3v) is 4.65. The minimum Gasteiger partial charge on any atom is -0.489 e. The molecular weight excluding hydrogens is 353 g/mol. The summed E-state index contributed by atoms with van der Waals surface area (Å²) in [5.41, 5.74) is 4.38. The highest BCUT2D eigenvalue weighted by Crippen LogP contribution is 2.23. The Kier molecular flexibility index (Phi) is 5.85. The Bertz CT molecular complexity index is 830. The third kappa shape index (κ3) is 4.91. The summed E-state index contributed by atoms with van der Waals surface area (Å²) in [6, 6.07) is 21.6. The summed E-state index contributed by atoms with van der Waals surface area (Å²) in [5.74, 6) is 0.845. The first-order valence-electron chi connectivity index (χ1n) is 8.07. The number of ether oxygens (including phenoxy) is 1. The van der Waals surface area contributed by atoms with Crippen molar-refractivity contribution in [2.45, 2.75) is 20.1 Å². The zero-order valence-electron chi connectivity index (χ0n) is 13.9. The zero-order valence-corrected chi connectivity index (χ0v) is 15.4. The Morgan fingerprint density at radius 1 is 0.840 bits per heavy atom. The third-order valence-electron chi connectivity index (χ3n) is 3.99. The molecule has 0 aliphatic carbocycles. The van der Waals surface area contributed by atoms with Gasteiger partial charge < -0.3 is 10.1 Å². The van der Waals surface area contributed by atoms with Crippen molar-refractivity contribution in [1.29, 1.82) is 0 Å². The van der Waals surface area contributed by atoms with Crippen LogP contribution in [0.1, 0.15) is 16.7 Å². The van der Waals surface area contributed by atoms with Crippen LogP contribution in [0, 0.1) is 6.92 Å². The molecule has 0 aromatic heterocycles. The summed E-state index contributed by atoms with van der Waals surface area (Å²) in [6.45, 7) is 3.27. The molecule has 1 N–H and O–H groups in total. The number of hydrogen-bond donors (Lipinski definition) is 1. The van der Waals surface area contributed by atoms with Crippen LogP contribution in [0.15, 0.2) is 66.7 Å². The van der Waals surface area contributed by atoms with Crippen LogP contribution in [-0.2, 0) is 13.2 Å². The molecule has 4 heteroatoms. The first kappa shape index (κ1) is 17.7. The van der Waals surface area contributed by atoms with E-state index in [1.54, 1.807) is 0 Å². The van der Waals surface area contributed by atoms with Gasteiger partial charge in [-0.05, 0) is 60.0 Å². The van der Waals surface area contributed by atoms with Gasteiger partial charge in [-0.25, -0.2) is 0 Å². The SMILES string of the molecule is Cc1c(Cl)cccc1NCc1ccc(OCc2ccc(Cl)cc2)cc1. The van der Waals surface area contributed by atoms with Gasteiger partial charge in [-0.1, -0.05) is 53.5 Å². The van der Waals surface area contributed by atoms with Crippen LogP contribution < -0.4 is 10.1 Å². The van der Waals surface area contributed by atoms with Crippen molar-refractivity contribution in [2.75, 3.05) is 5.32 Å². The van der Waals surface area contributed by atoms with Crippen LogP contribution in [0.25, 0.3) is 0 Å². The fourth-order valence-corrected chi connectivity index (χ4v) is 2.75. The lowest BCUT2D eigenvalue weighted by molar-refractivity contribution is 0.306. The van der Waals surface area contributed by atoms with E-state index in [4.69, 9.17) is 27.9 Å². The number of benzene rings is 3. The van der Waals surface area contributed by atoms with Crippen molar-refractivity contribution >= 4 is 28.9 Å². The quantitative estimate of drug-likeness (QED) is 0.534. The Balaban J connectivity index is 1.55. The van der Waals surface area contributed by atoms with E-state index in [9.17, 15) is 0 Å². The maximum absolute atomic E-state index is 6.15. The Hall–Kier alpha value is -2.16. The number of rotatable bonds is 6. The maximum Gasteiger partial charge on any atom is 0.119 e. The highest BCUT2D eigenvalue weighted by Gasteiger charge is 2.02. The molecule has 3 aromatic carbocycles. The van der Waals surface area contributed by atoms with Gasteiger partial charge in [0.25, 0.3) is 0 Å². The predicted octanol–water partition coefficient (Wildman–Crippen LogP) is 6.49. The lowest BCUT2D eigenvalue weighted by Crippen LogP contribution is -2.01. The molecular formula is C21H19Cl2NO. The van der Waals surface area contributed by atoms with Gasteiger partial charge in [0.15, 0.2) is 0 Å². The molecule has 0 bridgehead atoms. The van der Waals surface area contributed by atoms with Crippen molar-refractivity contribution in [1.82, 2.24) is 0 Å². The summed E-state index contributed by atoms with van der Waals surface area (Å²) in [4.78, 5) is 0. The average molecular weight is 372 g/mol. The molecule has 3 rings (SSSR count). The van der Waals surface area contributed by atoms with Gasteiger partial charge in [-0.3, -0.25) is 0 Å². The van der Waals surface area contributed by atoms with E-state index in [1.807, 2.05) is 61.5 Å². The second-order valence-corrected chi connectivity index (χ2v) is 6.67. The summed E-state index contributed by atoms with van der Waals surface area (Å²) < 4.78 is 5.80. The normalized spacial score (nSPS) is 10.5. The number of nitrogens with one attached hydrogen (secondary N) is 1. The van der Waals surface area contributed by atoms with E-state index < -0.39 is 0 Å². The molecule has 0 radical (unpaired) electrons. The van der Waals surface area contributed by atoms with Crippen LogP contribution in [0.3, 0.4) is 0 Å². The van der Waals surface area contributed by atoms with Crippen LogP contribution in [0.4, 0.5) is 5.69 Å². The molecule has 0 aliphatic heterocycles. The largest absolute Gasteiger partial charge is 0.489 e. The van der Waals surface area contributed by atoms with E-state index in [0.717, 1.165) is 39.2 Å². The van der Waals surface area contributed by atoms with Gasteiger partial charge in [0.2, 0.25) is 0 Å². The van der Waals surface area contributed by atoms with E-state index in [-0.39, 0.29) is 0 Å². The van der Waals surface area contributed by atoms with E-state index >= 15 is 0 Å². The van der Waals surface area contributed by atoms with E-state index in [0.29, 0.717) is 6.61 Å². The molecule has 0 unspecified atom stereocenters. The van der Waals surface area contributed by atoms with Gasteiger partial charge >= 0.3 is 0 Å². The first-order valence-corrected chi connectivity index (χ1v) is 8.82. The van der Waals surface area contributed by atoms with Gasteiger partial charge in [0.1, 0.15) is 12.4 Å². The number of hydrogen-bond acceptors (Lipinski definition) is 2. The first-order chi connectivity index (χ1) is 12.1. The molecule has 128 valence electrons. The monoisotopic (exact) mass is 371 g/mol. The molecule has 0 saturated heterocycles. The van der Waals surface area contributed by atoms with E-state index in [1.165, 1.54) is 5.56 Å². The fraction of sp³-hybridized carbons (Fsp3) is 0.143. The van der Waals surface area contributed by atoms with Crippen LogP contribution in [0.2, 0.25) is 10.0 Å². The second kappa shape index (κ2) is 8.28. The van der Waals surface area contributed by atoms with Crippen molar-refractivity contribution < 1.29 is 4.74 Å². The zero-order chi connectivity index (χ0) is 17.6. The predicted molar refractivity (Wildman–Crippen MR) is 106 cm³/mol. The Labute approximate surface area is 158 Å². The minimum atomic E-state index is 0.524. The van der Waals surface area contributed by atoms with Crippen molar-refractivity contribution in [3.63, 3.8) is 0 Å². The topological polar surface area (TPSA) is 21.3 Å². The summed E-state index contributed by atoms with van der Waals surface area (Å²) >= 11 is 12.0. The van der Waals surface area contributed by atoms with Crippen LogP contribution in [-0.4, -0.2) is 0 Å². The maximum atomic E-state index is 6.15. The highest BCUT2D eigenvalue weighted by atomic mass is 35.5. The van der Waals surface area contributed by atoms with Crippen molar-refractivity contribution in [2.24, 2.45) is 0 Å². The van der Waals surface area contributed by atoms with Crippen LogP contribution >= 0.6 is 23.2 Å². The lowest BCUT2D eigenvalue weighted by Gasteiger charge is -2.11. The van der Waals surface area contributed by atoms with Gasteiger partial charge in [0.05, 0.1) is 0 Å². The summed E-state index contributed by atoms with van der Waals surface area (Å²) in [7, 11) is 0. The molecule has 0 atom stereocenters. The Morgan fingerprint density at radius 2 is 1.52 bits per heavy atom. The average Bonchev–Trinajstić information content (AvgIpc) is 2.63. The highest BCUT2D eigenvalue weighted by molar-refractivity contribution is 6.31. The molecule has 0 amide bonds. The van der Waals surface area contributed by atoms with Crippen molar-refractivity contribution in [3.05, 3.63) is 93.5 Å². The van der Waals surface area contributed by atoms with Gasteiger partial charge in [-0.2, -0.15) is 0 Å².